The zero-order valence-electron chi connectivity index (χ0n) is 19.5. The Morgan fingerprint density at radius 3 is 2.82 bits per heavy atom. The first kappa shape index (κ1) is 22.8. The molecule has 2 aromatic heterocycles. The molecule has 0 spiro atoms. The van der Waals surface area contributed by atoms with Gasteiger partial charge < -0.3 is 9.64 Å². The number of hydrogen-bond donors (Lipinski definition) is 0. The maximum Gasteiger partial charge on any atom is 0.267 e. The number of hydrogen-bond acceptors (Lipinski definition) is 6. The average molecular weight is 453 g/mol. The van der Waals surface area contributed by atoms with Gasteiger partial charge in [0, 0.05) is 56.5 Å². The van der Waals surface area contributed by atoms with Crippen LogP contribution in [0.15, 0.2) is 35.3 Å². The third kappa shape index (κ3) is 4.18. The Morgan fingerprint density at radius 1 is 1.33 bits per heavy atom. The minimum atomic E-state index is -0.316. The highest BCUT2D eigenvalue weighted by Gasteiger charge is 2.32. The van der Waals surface area contributed by atoms with Gasteiger partial charge in [-0.1, -0.05) is 13.0 Å². The molecule has 0 saturated carbocycles. The number of aryl methyl sites for hydroxylation is 1. The van der Waals surface area contributed by atoms with Gasteiger partial charge in [0.25, 0.3) is 5.56 Å². The van der Waals surface area contributed by atoms with E-state index in [9.17, 15) is 9.18 Å². The molecule has 4 rings (SSSR count). The number of nitriles is 1. The van der Waals surface area contributed by atoms with Crippen molar-refractivity contribution in [3.05, 3.63) is 57.9 Å². The summed E-state index contributed by atoms with van der Waals surface area (Å²) in [5.41, 5.74) is 2.94. The van der Waals surface area contributed by atoms with Gasteiger partial charge in [-0.05, 0) is 19.4 Å². The minimum absolute atomic E-state index is 0.0501. The summed E-state index contributed by atoms with van der Waals surface area (Å²) in [5.74, 6) is 0.234. The summed E-state index contributed by atoms with van der Waals surface area (Å²) < 4.78 is 22.3. The van der Waals surface area contributed by atoms with E-state index in [0.29, 0.717) is 17.1 Å². The number of nitrogens with zero attached hydrogens (tertiary/aromatic N) is 6. The first-order valence-electron chi connectivity index (χ1n) is 11.2. The van der Waals surface area contributed by atoms with Crippen LogP contribution in [0.1, 0.15) is 37.6 Å². The number of piperazine rings is 1. The Bertz CT molecular complexity index is 1260. The molecule has 174 valence electrons. The van der Waals surface area contributed by atoms with Gasteiger partial charge in [-0.3, -0.25) is 9.69 Å². The van der Waals surface area contributed by atoms with Gasteiger partial charge in [-0.15, -0.1) is 0 Å². The van der Waals surface area contributed by atoms with E-state index >= 15 is 0 Å². The molecule has 3 aromatic rings. The fraction of sp³-hybridized carbons (Fsp3) is 0.458. The predicted molar refractivity (Wildman–Crippen MR) is 124 cm³/mol. The fourth-order valence-corrected chi connectivity index (χ4v) is 4.70. The summed E-state index contributed by atoms with van der Waals surface area (Å²) in [4.78, 5) is 22.0. The maximum absolute atomic E-state index is 13.7. The van der Waals surface area contributed by atoms with Crippen molar-refractivity contribution in [3.63, 3.8) is 0 Å². The van der Waals surface area contributed by atoms with Crippen LogP contribution in [0.5, 0.6) is 5.75 Å². The number of ether oxygens (including phenoxy) is 1. The van der Waals surface area contributed by atoms with E-state index in [0.717, 1.165) is 37.3 Å². The van der Waals surface area contributed by atoms with E-state index < -0.39 is 0 Å². The molecule has 2 unspecified atom stereocenters. The van der Waals surface area contributed by atoms with Gasteiger partial charge in [-0.2, -0.15) is 5.26 Å². The molecule has 0 bridgehead atoms. The fourth-order valence-electron chi connectivity index (χ4n) is 4.70. The van der Waals surface area contributed by atoms with Crippen molar-refractivity contribution in [3.8, 4) is 11.8 Å². The molecule has 0 aliphatic carbocycles. The van der Waals surface area contributed by atoms with Gasteiger partial charge in [0.15, 0.2) is 5.65 Å². The minimum Gasteiger partial charge on any atom is -0.496 e. The number of halogens is 1. The molecular formula is C24H29FN6O2. The first-order chi connectivity index (χ1) is 15.9. The van der Waals surface area contributed by atoms with Crippen molar-refractivity contribution in [1.82, 2.24) is 19.1 Å². The monoisotopic (exact) mass is 452 g/mol. The Hall–Kier alpha value is -3.38. The Morgan fingerprint density at radius 2 is 2.12 bits per heavy atom. The van der Waals surface area contributed by atoms with Crippen LogP contribution in [0.2, 0.25) is 0 Å². The van der Waals surface area contributed by atoms with Crippen molar-refractivity contribution in [1.29, 1.82) is 5.26 Å². The Balaban J connectivity index is 1.65. The molecule has 1 saturated heterocycles. The van der Waals surface area contributed by atoms with Crippen LogP contribution in [-0.4, -0.2) is 51.9 Å². The summed E-state index contributed by atoms with van der Waals surface area (Å²) in [6, 6.07) is 8.67. The topological polar surface area (TPSA) is 78.8 Å². The van der Waals surface area contributed by atoms with E-state index in [-0.39, 0.29) is 29.9 Å². The molecule has 1 aliphatic rings. The number of rotatable bonds is 6. The summed E-state index contributed by atoms with van der Waals surface area (Å²) in [6.07, 6.45) is 2.83. The van der Waals surface area contributed by atoms with E-state index in [1.54, 1.807) is 37.0 Å². The normalized spacial score (nSPS) is 17.8. The number of imidazole rings is 1. The van der Waals surface area contributed by atoms with Gasteiger partial charge in [0.2, 0.25) is 0 Å². The summed E-state index contributed by atoms with van der Waals surface area (Å²) in [5, 5.41) is 9.08. The van der Waals surface area contributed by atoms with Crippen molar-refractivity contribution < 1.29 is 9.13 Å². The highest BCUT2D eigenvalue weighted by Crippen LogP contribution is 2.33. The van der Waals surface area contributed by atoms with Crippen LogP contribution in [0.4, 0.5) is 10.1 Å². The molecule has 0 radical (unpaired) electrons. The molecule has 0 N–H and O–H groups in total. The standard InChI is InChI=1S/C24H29FN6O2/c1-5-19-15-29(16(2)20-7-6-17(25)12-22(20)33-4)10-11-30(19)21-13-23(32)28(3)31-14-18(8-9-26)27-24(21)31/h6-7,12-14,16,19H,5,8,10-11,15H2,1-4H3. The van der Waals surface area contributed by atoms with Crippen LogP contribution in [0, 0.1) is 17.1 Å². The highest BCUT2D eigenvalue weighted by molar-refractivity contribution is 5.69. The molecule has 33 heavy (non-hydrogen) atoms. The number of fused-ring (bicyclic) bond motifs is 1. The van der Waals surface area contributed by atoms with Gasteiger partial charge in [0.05, 0.1) is 37.2 Å². The molecule has 0 amide bonds. The van der Waals surface area contributed by atoms with Crippen LogP contribution >= 0.6 is 0 Å². The zero-order chi connectivity index (χ0) is 23.7. The molecule has 3 heterocycles. The second-order valence-corrected chi connectivity index (χ2v) is 8.44. The van der Waals surface area contributed by atoms with Gasteiger partial charge in [-0.25, -0.2) is 18.6 Å². The lowest BCUT2D eigenvalue weighted by atomic mass is 10.0. The summed E-state index contributed by atoms with van der Waals surface area (Å²) in [6.45, 7) is 6.51. The van der Waals surface area contributed by atoms with Crippen molar-refractivity contribution in [2.24, 2.45) is 7.05 Å². The third-order valence-electron chi connectivity index (χ3n) is 6.62. The predicted octanol–water partition coefficient (Wildman–Crippen LogP) is 2.91. The van der Waals surface area contributed by atoms with Crippen LogP contribution in [0.3, 0.4) is 0 Å². The molecule has 9 heteroatoms. The Kier molecular flexibility index (Phi) is 6.38. The van der Waals surface area contributed by atoms with Gasteiger partial charge in [0.1, 0.15) is 11.6 Å². The molecule has 1 aromatic carbocycles. The van der Waals surface area contributed by atoms with Crippen LogP contribution in [0.25, 0.3) is 5.65 Å². The molecule has 1 fully saturated rings. The van der Waals surface area contributed by atoms with E-state index in [1.807, 2.05) is 0 Å². The quantitative estimate of drug-likeness (QED) is 0.572. The first-order valence-corrected chi connectivity index (χ1v) is 11.2. The van der Waals surface area contributed by atoms with Crippen molar-refractivity contribution in [2.45, 2.75) is 38.8 Å². The second-order valence-electron chi connectivity index (χ2n) is 8.44. The molecule has 1 aliphatic heterocycles. The largest absolute Gasteiger partial charge is 0.496 e. The maximum atomic E-state index is 13.7. The van der Waals surface area contributed by atoms with Crippen molar-refractivity contribution in [2.75, 3.05) is 31.6 Å². The van der Waals surface area contributed by atoms with Crippen molar-refractivity contribution >= 4 is 11.3 Å². The molecule has 2 atom stereocenters. The molecular weight excluding hydrogens is 423 g/mol. The lowest BCUT2D eigenvalue weighted by Gasteiger charge is -2.45. The second kappa shape index (κ2) is 9.24. The zero-order valence-corrected chi connectivity index (χ0v) is 19.5. The Labute approximate surface area is 192 Å². The van der Waals surface area contributed by atoms with Crippen LogP contribution < -0.4 is 15.2 Å². The molecule has 8 nitrogen and oxygen atoms in total. The number of anilines is 1. The number of benzene rings is 1. The van der Waals surface area contributed by atoms with Gasteiger partial charge >= 0.3 is 0 Å². The van der Waals surface area contributed by atoms with Crippen LogP contribution in [-0.2, 0) is 13.5 Å². The average Bonchev–Trinajstić information content (AvgIpc) is 3.25. The van der Waals surface area contributed by atoms with E-state index in [2.05, 4.69) is 34.7 Å². The van der Waals surface area contributed by atoms with E-state index in [4.69, 9.17) is 10.00 Å². The van der Waals surface area contributed by atoms with E-state index in [1.165, 1.54) is 16.8 Å². The smallest absolute Gasteiger partial charge is 0.267 e. The SMILES string of the molecule is CCC1CN(C(C)c2ccc(F)cc2OC)CCN1c1cc(=O)n(C)n2cc(CC#N)nc12. The lowest BCUT2D eigenvalue weighted by Crippen LogP contribution is -2.54. The summed E-state index contributed by atoms with van der Waals surface area (Å²) in [7, 11) is 3.26. The number of aromatic nitrogens is 3. The third-order valence-corrected chi connectivity index (χ3v) is 6.62. The highest BCUT2D eigenvalue weighted by atomic mass is 19.1. The number of methoxy groups -OCH3 is 1. The lowest BCUT2D eigenvalue weighted by molar-refractivity contribution is 0.166. The summed E-state index contributed by atoms with van der Waals surface area (Å²) >= 11 is 0.